The first-order chi connectivity index (χ1) is 10.3. The van der Waals surface area contributed by atoms with E-state index in [1.54, 1.807) is 5.57 Å². The molecule has 2 nitrogen and oxygen atoms in total. The summed E-state index contributed by atoms with van der Waals surface area (Å²) in [4.78, 5) is 2.45. The molecule has 1 saturated heterocycles. The summed E-state index contributed by atoms with van der Waals surface area (Å²) in [6.07, 6.45) is 9.47. The third kappa shape index (κ3) is 1.97. The number of allylic oxidation sites excluding steroid dienone is 3. The van der Waals surface area contributed by atoms with Gasteiger partial charge in [-0.1, -0.05) is 42.5 Å². The first-order valence-electron chi connectivity index (χ1n) is 7.94. The van der Waals surface area contributed by atoms with Crippen LogP contribution in [0.4, 0.5) is 0 Å². The molecule has 1 N–H and O–H groups in total. The zero-order valence-corrected chi connectivity index (χ0v) is 12.6. The molecule has 1 unspecified atom stereocenters. The van der Waals surface area contributed by atoms with E-state index in [1.807, 2.05) is 0 Å². The van der Waals surface area contributed by atoms with Crippen molar-refractivity contribution in [3.05, 3.63) is 71.1 Å². The minimum Gasteiger partial charge on any atom is -0.347 e. The van der Waals surface area contributed by atoms with Crippen molar-refractivity contribution in [2.45, 2.75) is 25.2 Å². The zero-order valence-electron chi connectivity index (χ0n) is 12.6. The third-order valence-electron chi connectivity index (χ3n) is 5.10. The Morgan fingerprint density at radius 1 is 1.19 bits per heavy atom. The Balaban J connectivity index is 1.88. The van der Waals surface area contributed by atoms with Gasteiger partial charge in [0.05, 0.1) is 0 Å². The second-order valence-electron chi connectivity index (χ2n) is 6.35. The molecule has 0 amide bonds. The molecule has 0 spiro atoms. The molecule has 0 bridgehead atoms. The minimum atomic E-state index is 0.0386. The van der Waals surface area contributed by atoms with E-state index >= 15 is 0 Å². The van der Waals surface area contributed by atoms with Crippen LogP contribution in [-0.4, -0.2) is 24.5 Å². The fourth-order valence-corrected chi connectivity index (χ4v) is 3.90. The molecule has 0 aromatic heterocycles. The number of hydrogen-bond acceptors (Lipinski definition) is 2. The summed E-state index contributed by atoms with van der Waals surface area (Å²) in [6.45, 7) is 5.51. The molecule has 0 saturated carbocycles. The number of rotatable bonds is 1. The minimum absolute atomic E-state index is 0.0386. The average Bonchev–Trinajstić information content (AvgIpc) is 2.75. The lowest BCUT2D eigenvalue weighted by molar-refractivity contribution is 0.437. The van der Waals surface area contributed by atoms with Gasteiger partial charge in [0, 0.05) is 36.9 Å². The van der Waals surface area contributed by atoms with Crippen molar-refractivity contribution >= 4 is 0 Å². The summed E-state index contributed by atoms with van der Waals surface area (Å²) in [7, 11) is 0. The van der Waals surface area contributed by atoms with Crippen molar-refractivity contribution < 1.29 is 0 Å². The van der Waals surface area contributed by atoms with Crippen molar-refractivity contribution in [1.29, 1.82) is 0 Å². The van der Waals surface area contributed by atoms with Crippen molar-refractivity contribution in [3.8, 4) is 0 Å². The standard InChI is InChI=1S/C19H22N2/c1-19(16-7-3-2-4-8-16)10-12-21-13-11-20-14-15-6-5-9-17(19)18(15)21/h2-4,6-8,10,12,20H,5,9,11,13-14H2,1H3. The van der Waals surface area contributed by atoms with Crippen LogP contribution in [0.1, 0.15) is 25.3 Å². The summed E-state index contributed by atoms with van der Waals surface area (Å²) in [5, 5.41) is 3.55. The van der Waals surface area contributed by atoms with Crippen LogP contribution in [0.15, 0.2) is 65.5 Å². The van der Waals surface area contributed by atoms with Gasteiger partial charge < -0.3 is 10.2 Å². The average molecular weight is 278 g/mol. The molecule has 1 aromatic rings. The maximum atomic E-state index is 3.55. The van der Waals surface area contributed by atoms with Crippen molar-refractivity contribution in [2.24, 2.45) is 0 Å². The fraction of sp³-hybridized carbons (Fsp3) is 0.368. The highest BCUT2D eigenvalue weighted by atomic mass is 15.2. The van der Waals surface area contributed by atoms with Crippen LogP contribution in [0.5, 0.6) is 0 Å². The Hall–Kier alpha value is -1.80. The molecule has 0 radical (unpaired) electrons. The smallest absolute Gasteiger partial charge is 0.0453 e. The number of nitrogens with zero attached hydrogens (tertiary/aromatic N) is 1. The van der Waals surface area contributed by atoms with Gasteiger partial charge in [0.1, 0.15) is 0 Å². The van der Waals surface area contributed by atoms with Crippen LogP contribution in [0.25, 0.3) is 0 Å². The fourth-order valence-electron chi connectivity index (χ4n) is 3.90. The Kier molecular flexibility index (Phi) is 3.00. The van der Waals surface area contributed by atoms with Gasteiger partial charge in [-0.2, -0.15) is 0 Å². The molecule has 108 valence electrons. The largest absolute Gasteiger partial charge is 0.347 e. The molecule has 1 aromatic carbocycles. The van der Waals surface area contributed by atoms with E-state index in [1.165, 1.54) is 29.7 Å². The summed E-state index contributed by atoms with van der Waals surface area (Å²) in [6, 6.07) is 10.9. The molecule has 2 heteroatoms. The Morgan fingerprint density at radius 3 is 2.90 bits per heavy atom. The van der Waals surface area contributed by atoms with Crippen molar-refractivity contribution in [2.75, 3.05) is 19.6 Å². The van der Waals surface area contributed by atoms with E-state index in [2.05, 4.69) is 65.8 Å². The van der Waals surface area contributed by atoms with Gasteiger partial charge in [0.15, 0.2) is 0 Å². The Bertz CT molecular complexity index is 639. The summed E-state index contributed by atoms with van der Waals surface area (Å²) in [5.74, 6) is 0. The molecule has 21 heavy (non-hydrogen) atoms. The summed E-state index contributed by atoms with van der Waals surface area (Å²) >= 11 is 0. The molecular formula is C19H22N2. The van der Waals surface area contributed by atoms with Crippen molar-refractivity contribution in [3.63, 3.8) is 0 Å². The van der Waals surface area contributed by atoms with Gasteiger partial charge in [0.2, 0.25) is 0 Å². The first-order valence-corrected chi connectivity index (χ1v) is 7.94. The first kappa shape index (κ1) is 12.9. The summed E-state index contributed by atoms with van der Waals surface area (Å²) in [5.41, 5.74) is 6.01. The lowest BCUT2D eigenvalue weighted by Crippen LogP contribution is -2.35. The number of benzene rings is 1. The highest BCUT2D eigenvalue weighted by Crippen LogP contribution is 2.45. The Labute approximate surface area is 126 Å². The molecular weight excluding hydrogens is 256 g/mol. The maximum absolute atomic E-state index is 3.55. The molecule has 2 heterocycles. The summed E-state index contributed by atoms with van der Waals surface area (Å²) < 4.78 is 0. The van der Waals surface area contributed by atoms with E-state index in [9.17, 15) is 0 Å². The van der Waals surface area contributed by atoms with E-state index in [-0.39, 0.29) is 5.41 Å². The van der Waals surface area contributed by atoms with E-state index in [4.69, 9.17) is 0 Å². The SMILES string of the molecule is CC1(c2ccccc2)C=CN2CCNCC3=CCCC1=C32. The topological polar surface area (TPSA) is 15.3 Å². The highest BCUT2D eigenvalue weighted by molar-refractivity contribution is 5.53. The molecule has 4 rings (SSSR count). The van der Waals surface area contributed by atoms with Gasteiger partial charge in [-0.05, 0) is 36.5 Å². The second-order valence-corrected chi connectivity index (χ2v) is 6.35. The van der Waals surface area contributed by atoms with Crippen LogP contribution in [-0.2, 0) is 5.41 Å². The van der Waals surface area contributed by atoms with E-state index in [0.29, 0.717) is 0 Å². The third-order valence-corrected chi connectivity index (χ3v) is 5.10. The monoisotopic (exact) mass is 278 g/mol. The molecule has 1 atom stereocenters. The molecule has 2 aliphatic heterocycles. The normalized spacial score (nSPS) is 28.0. The van der Waals surface area contributed by atoms with E-state index in [0.717, 1.165) is 19.6 Å². The Morgan fingerprint density at radius 2 is 2.05 bits per heavy atom. The maximum Gasteiger partial charge on any atom is 0.0453 e. The lowest BCUT2D eigenvalue weighted by Gasteiger charge is -2.41. The number of nitrogens with one attached hydrogen (secondary N) is 1. The van der Waals surface area contributed by atoms with Crippen LogP contribution in [0, 0.1) is 0 Å². The van der Waals surface area contributed by atoms with Crippen molar-refractivity contribution in [1.82, 2.24) is 10.2 Å². The molecule has 3 aliphatic rings. The van der Waals surface area contributed by atoms with Gasteiger partial charge in [-0.15, -0.1) is 0 Å². The quantitative estimate of drug-likeness (QED) is 0.847. The van der Waals surface area contributed by atoms with Crippen LogP contribution >= 0.6 is 0 Å². The van der Waals surface area contributed by atoms with E-state index < -0.39 is 0 Å². The van der Waals surface area contributed by atoms with Gasteiger partial charge in [0.25, 0.3) is 0 Å². The van der Waals surface area contributed by atoms with Gasteiger partial charge >= 0.3 is 0 Å². The number of hydrogen-bond donors (Lipinski definition) is 1. The van der Waals surface area contributed by atoms with Crippen LogP contribution < -0.4 is 5.32 Å². The lowest BCUT2D eigenvalue weighted by atomic mass is 9.69. The second kappa shape index (κ2) is 4.88. The zero-order chi connectivity index (χ0) is 14.3. The van der Waals surface area contributed by atoms with Crippen LogP contribution in [0.3, 0.4) is 0 Å². The predicted octanol–water partition coefficient (Wildman–Crippen LogP) is 3.35. The van der Waals surface area contributed by atoms with Crippen LogP contribution in [0.2, 0.25) is 0 Å². The van der Waals surface area contributed by atoms with Gasteiger partial charge in [-0.25, -0.2) is 0 Å². The van der Waals surface area contributed by atoms with Gasteiger partial charge in [-0.3, -0.25) is 0 Å². The molecule has 1 aliphatic carbocycles. The predicted molar refractivity (Wildman–Crippen MR) is 86.9 cm³/mol. The highest BCUT2D eigenvalue weighted by Gasteiger charge is 2.37. The molecule has 1 fully saturated rings.